The van der Waals surface area contributed by atoms with E-state index in [1.807, 2.05) is 0 Å². The quantitative estimate of drug-likeness (QED) is 0.808. The highest BCUT2D eigenvalue weighted by atomic mass is 32.2. The van der Waals surface area contributed by atoms with Crippen molar-refractivity contribution in [3.8, 4) is 0 Å². The topological polar surface area (TPSA) is 80.4 Å². The van der Waals surface area contributed by atoms with Crippen LogP contribution in [0.2, 0.25) is 0 Å². The number of rotatable bonds is 4. The zero-order chi connectivity index (χ0) is 12.3. The molecule has 0 spiro atoms. The van der Waals surface area contributed by atoms with Gasteiger partial charge in [-0.05, 0) is 17.7 Å². The Morgan fingerprint density at radius 3 is 2.62 bits per heavy atom. The van der Waals surface area contributed by atoms with Crippen molar-refractivity contribution in [3.05, 3.63) is 29.8 Å². The van der Waals surface area contributed by atoms with Crippen LogP contribution in [0, 0.1) is 0 Å². The van der Waals surface area contributed by atoms with Crippen LogP contribution in [0.5, 0.6) is 0 Å². The fourth-order valence-corrected chi connectivity index (χ4v) is 1.93. The molecular weight excluding hydrogens is 233 g/mol. The predicted molar refractivity (Wildman–Crippen MR) is 58.5 cm³/mol. The maximum absolute atomic E-state index is 13.6. The lowest BCUT2D eigenvalue weighted by molar-refractivity contribution is 0.190. The SMILES string of the molecule is CS(=O)(=O)c1cccc(C(F)C(N)CO)c1. The molecule has 0 aliphatic carbocycles. The first-order chi connectivity index (χ1) is 7.36. The minimum Gasteiger partial charge on any atom is -0.395 e. The van der Waals surface area contributed by atoms with Crippen molar-refractivity contribution < 1.29 is 17.9 Å². The van der Waals surface area contributed by atoms with Gasteiger partial charge in [-0.3, -0.25) is 0 Å². The Labute approximate surface area is 93.8 Å². The van der Waals surface area contributed by atoms with Crippen molar-refractivity contribution >= 4 is 9.84 Å². The summed E-state index contributed by atoms with van der Waals surface area (Å²) in [5.74, 6) is 0. The molecule has 90 valence electrons. The second-order valence-corrected chi connectivity index (χ2v) is 5.61. The zero-order valence-corrected chi connectivity index (χ0v) is 9.61. The highest BCUT2D eigenvalue weighted by Crippen LogP contribution is 2.22. The van der Waals surface area contributed by atoms with E-state index in [0.29, 0.717) is 0 Å². The molecule has 2 unspecified atom stereocenters. The molecule has 0 bridgehead atoms. The molecule has 0 heterocycles. The molecule has 4 nitrogen and oxygen atoms in total. The van der Waals surface area contributed by atoms with E-state index in [4.69, 9.17) is 10.8 Å². The van der Waals surface area contributed by atoms with Gasteiger partial charge in [0.05, 0.1) is 17.5 Å². The summed E-state index contributed by atoms with van der Waals surface area (Å²) in [6.07, 6.45) is -0.530. The van der Waals surface area contributed by atoms with Crippen LogP contribution in [0.25, 0.3) is 0 Å². The number of sulfone groups is 1. The fraction of sp³-hybridized carbons (Fsp3) is 0.400. The number of hydrogen-bond acceptors (Lipinski definition) is 4. The lowest BCUT2D eigenvalue weighted by Crippen LogP contribution is -2.29. The Bertz CT molecular complexity index is 461. The van der Waals surface area contributed by atoms with Gasteiger partial charge in [-0.25, -0.2) is 12.8 Å². The minimum absolute atomic E-state index is 0.0396. The first kappa shape index (κ1) is 13.1. The van der Waals surface area contributed by atoms with Crippen molar-refractivity contribution in [2.45, 2.75) is 17.1 Å². The molecule has 0 saturated heterocycles. The molecule has 0 aliphatic rings. The van der Waals surface area contributed by atoms with Crippen LogP contribution in [0.4, 0.5) is 4.39 Å². The maximum Gasteiger partial charge on any atom is 0.175 e. The maximum atomic E-state index is 13.6. The number of alkyl halides is 1. The molecule has 0 amide bonds. The minimum atomic E-state index is -3.36. The summed E-state index contributed by atoms with van der Waals surface area (Å²) in [5, 5.41) is 8.71. The molecule has 0 saturated carbocycles. The van der Waals surface area contributed by atoms with Gasteiger partial charge in [0.15, 0.2) is 9.84 Å². The third kappa shape index (κ3) is 3.01. The Hall–Kier alpha value is -0.980. The van der Waals surface area contributed by atoms with Gasteiger partial charge in [-0.15, -0.1) is 0 Å². The Kier molecular flexibility index (Phi) is 4.01. The summed E-state index contributed by atoms with van der Waals surface area (Å²) >= 11 is 0. The molecule has 1 aromatic rings. The highest BCUT2D eigenvalue weighted by Gasteiger charge is 2.19. The number of nitrogens with two attached hydrogens (primary N) is 1. The van der Waals surface area contributed by atoms with Gasteiger partial charge in [0.2, 0.25) is 0 Å². The van der Waals surface area contributed by atoms with Gasteiger partial charge in [-0.1, -0.05) is 12.1 Å². The van der Waals surface area contributed by atoms with E-state index in [9.17, 15) is 12.8 Å². The van der Waals surface area contributed by atoms with Gasteiger partial charge in [0, 0.05) is 6.26 Å². The van der Waals surface area contributed by atoms with Crippen LogP contribution in [-0.2, 0) is 9.84 Å². The summed E-state index contributed by atoms with van der Waals surface area (Å²) in [6, 6.07) is 4.46. The summed E-state index contributed by atoms with van der Waals surface area (Å²) < 4.78 is 36.1. The largest absolute Gasteiger partial charge is 0.395 e. The number of benzene rings is 1. The number of hydrogen-bond donors (Lipinski definition) is 2. The average Bonchev–Trinajstić information content (AvgIpc) is 2.26. The second kappa shape index (κ2) is 4.90. The zero-order valence-electron chi connectivity index (χ0n) is 8.80. The fourth-order valence-electron chi connectivity index (χ4n) is 1.26. The van der Waals surface area contributed by atoms with Crippen LogP contribution in [0.15, 0.2) is 29.2 Å². The predicted octanol–water partition coefficient (Wildman–Crippen LogP) is 0.420. The van der Waals surface area contributed by atoms with Gasteiger partial charge < -0.3 is 10.8 Å². The smallest absolute Gasteiger partial charge is 0.175 e. The average molecular weight is 247 g/mol. The first-order valence-electron chi connectivity index (χ1n) is 4.67. The van der Waals surface area contributed by atoms with Gasteiger partial charge in [-0.2, -0.15) is 0 Å². The normalized spacial score (nSPS) is 15.8. The van der Waals surface area contributed by atoms with Crippen LogP contribution in [0.1, 0.15) is 11.7 Å². The van der Waals surface area contributed by atoms with Crippen LogP contribution >= 0.6 is 0 Å². The van der Waals surface area contributed by atoms with E-state index in [1.165, 1.54) is 24.3 Å². The molecule has 6 heteroatoms. The van der Waals surface area contributed by atoms with E-state index >= 15 is 0 Å². The van der Waals surface area contributed by atoms with Crippen molar-refractivity contribution in [3.63, 3.8) is 0 Å². The molecule has 0 aliphatic heterocycles. The summed E-state index contributed by atoms with van der Waals surface area (Å²) in [7, 11) is -3.36. The van der Waals surface area contributed by atoms with Gasteiger partial charge >= 0.3 is 0 Å². The van der Waals surface area contributed by atoms with Crippen LogP contribution in [-0.4, -0.2) is 32.4 Å². The van der Waals surface area contributed by atoms with Crippen molar-refractivity contribution in [1.82, 2.24) is 0 Å². The van der Waals surface area contributed by atoms with Gasteiger partial charge in [0.1, 0.15) is 6.17 Å². The molecule has 1 aromatic carbocycles. The number of aliphatic hydroxyl groups excluding tert-OH is 1. The Morgan fingerprint density at radius 1 is 1.50 bits per heavy atom. The van der Waals surface area contributed by atoms with E-state index in [0.717, 1.165) is 6.26 Å². The number of aliphatic hydroxyl groups is 1. The van der Waals surface area contributed by atoms with Crippen molar-refractivity contribution in [1.29, 1.82) is 0 Å². The molecule has 1 rings (SSSR count). The van der Waals surface area contributed by atoms with E-state index in [2.05, 4.69) is 0 Å². The van der Waals surface area contributed by atoms with E-state index in [-0.39, 0.29) is 10.5 Å². The summed E-state index contributed by atoms with van der Waals surface area (Å²) in [5.41, 5.74) is 5.49. The van der Waals surface area contributed by atoms with E-state index < -0.39 is 28.7 Å². The molecule has 0 aromatic heterocycles. The molecule has 16 heavy (non-hydrogen) atoms. The van der Waals surface area contributed by atoms with Crippen LogP contribution < -0.4 is 5.73 Å². The molecular formula is C10H14FNO3S. The summed E-state index contributed by atoms with van der Waals surface area (Å²) in [6.45, 7) is -0.496. The van der Waals surface area contributed by atoms with Crippen molar-refractivity contribution in [2.75, 3.05) is 12.9 Å². The molecule has 0 fully saturated rings. The lowest BCUT2D eigenvalue weighted by Gasteiger charge is -2.14. The molecule has 2 atom stereocenters. The monoisotopic (exact) mass is 247 g/mol. The standard InChI is InChI=1S/C10H14FNO3S/c1-16(14,15)8-4-2-3-7(5-8)10(11)9(12)6-13/h2-5,9-10,13H,6,12H2,1H3. The van der Waals surface area contributed by atoms with Crippen molar-refractivity contribution in [2.24, 2.45) is 5.73 Å². The lowest BCUT2D eigenvalue weighted by atomic mass is 10.1. The Balaban J connectivity index is 3.08. The third-order valence-electron chi connectivity index (χ3n) is 2.19. The second-order valence-electron chi connectivity index (χ2n) is 3.59. The molecule has 3 N–H and O–H groups in total. The Morgan fingerprint density at radius 2 is 2.12 bits per heavy atom. The summed E-state index contributed by atoms with van der Waals surface area (Å²) in [4.78, 5) is 0.0396. The van der Waals surface area contributed by atoms with Gasteiger partial charge in [0.25, 0.3) is 0 Å². The molecule has 0 radical (unpaired) electrons. The first-order valence-corrected chi connectivity index (χ1v) is 6.56. The van der Waals surface area contributed by atoms with Crippen LogP contribution in [0.3, 0.4) is 0 Å². The highest BCUT2D eigenvalue weighted by molar-refractivity contribution is 7.90. The van der Waals surface area contributed by atoms with E-state index in [1.54, 1.807) is 0 Å². The third-order valence-corrected chi connectivity index (χ3v) is 3.30. The number of halogens is 1.